The average molecular weight is 561 g/mol. The lowest BCUT2D eigenvalue weighted by atomic mass is 9.96. The predicted octanol–water partition coefficient (Wildman–Crippen LogP) is -5.75. The van der Waals surface area contributed by atoms with E-state index < -0.39 is 112 Å². The molecule has 3 heterocycles. The summed E-state index contributed by atoms with van der Waals surface area (Å²) in [5, 5.41) is 101. The topological polar surface area (TPSA) is 258 Å². The molecule has 15 unspecified atom stereocenters. The Kier molecular flexibility index (Phi) is 12.0. The van der Waals surface area contributed by atoms with Crippen LogP contribution in [0.3, 0.4) is 0 Å². The molecule has 224 valence electrons. The standard InChI is InChI=1S/C22H40O16/c1-2-3-4-33-21-18(32)19(38-22-17(31)15(29)12(26)9(6-24)36-22)13(27)10(37-21)7-34-20-16(30)14(28)11(25)8(5-23)35-20/h8-32H,2-7H2,1H3. The molecule has 3 saturated heterocycles. The number of aliphatic hydroxyl groups excluding tert-OH is 10. The second kappa shape index (κ2) is 14.3. The average Bonchev–Trinajstić information content (AvgIpc) is 2.91. The van der Waals surface area contributed by atoms with Gasteiger partial charge in [0.1, 0.15) is 73.2 Å². The molecule has 0 spiro atoms. The molecule has 0 saturated carbocycles. The SMILES string of the molecule is CCCCOC1OC(COC2OC(CO)C(O)C(O)C2O)C(O)C(OC2OC(CO)C(O)C(O)C2O)C1O. The highest BCUT2D eigenvalue weighted by atomic mass is 16.7. The minimum atomic E-state index is -1.81. The Hall–Kier alpha value is -0.640. The molecule has 3 aliphatic rings. The summed E-state index contributed by atoms with van der Waals surface area (Å²) in [5.41, 5.74) is 0. The zero-order chi connectivity index (χ0) is 28.1. The van der Waals surface area contributed by atoms with Crippen molar-refractivity contribution in [3.8, 4) is 0 Å². The Morgan fingerprint density at radius 1 is 0.553 bits per heavy atom. The van der Waals surface area contributed by atoms with Crippen LogP contribution in [0.25, 0.3) is 0 Å². The van der Waals surface area contributed by atoms with Gasteiger partial charge in [-0.15, -0.1) is 0 Å². The predicted molar refractivity (Wildman–Crippen MR) is 120 cm³/mol. The van der Waals surface area contributed by atoms with Crippen LogP contribution in [0.4, 0.5) is 0 Å². The van der Waals surface area contributed by atoms with Gasteiger partial charge in [-0.1, -0.05) is 13.3 Å². The van der Waals surface area contributed by atoms with E-state index >= 15 is 0 Å². The minimum Gasteiger partial charge on any atom is -0.394 e. The van der Waals surface area contributed by atoms with Crippen LogP contribution in [0.15, 0.2) is 0 Å². The highest BCUT2D eigenvalue weighted by molar-refractivity contribution is 4.95. The largest absolute Gasteiger partial charge is 0.394 e. The summed E-state index contributed by atoms with van der Waals surface area (Å²) in [6.45, 7) is 0.164. The zero-order valence-electron chi connectivity index (χ0n) is 20.8. The third-order valence-electron chi connectivity index (χ3n) is 6.83. The summed E-state index contributed by atoms with van der Waals surface area (Å²) in [7, 11) is 0. The molecule has 16 heteroatoms. The number of unbranched alkanes of at least 4 members (excludes halogenated alkanes) is 1. The monoisotopic (exact) mass is 560 g/mol. The first kappa shape index (κ1) is 31.9. The Balaban J connectivity index is 1.73. The third-order valence-corrected chi connectivity index (χ3v) is 6.83. The fourth-order valence-electron chi connectivity index (χ4n) is 4.41. The van der Waals surface area contributed by atoms with E-state index in [2.05, 4.69) is 0 Å². The highest BCUT2D eigenvalue weighted by Crippen LogP contribution is 2.31. The lowest BCUT2D eigenvalue weighted by Crippen LogP contribution is -2.65. The van der Waals surface area contributed by atoms with Crippen LogP contribution < -0.4 is 0 Å². The molecule has 15 atom stereocenters. The second-order valence-electron chi connectivity index (χ2n) is 9.58. The van der Waals surface area contributed by atoms with Gasteiger partial charge in [0, 0.05) is 6.61 Å². The summed E-state index contributed by atoms with van der Waals surface area (Å²) in [5.74, 6) is 0. The molecule has 10 N–H and O–H groups in total. The second-order valence-corrected chi connectivity index (χ2v) is 9.58. The molecule has 38 heavy (non-hydrogen) atoms. The fourth-order valence-corrected chi connectivity index (χ4v) is 4.41. The van der Waals surface area contributed by atoms with Gasteiger partial charge in [-0.05, 0) is 6.42 Å². The van der Waals surface area contributed by atoms with Crippen molar-refractivity contribution in [1.82, 2.24) is 0 Å². The zero-order valence-corrected chi connectivity index (χ0v) is 20.8. The molecule has 0 aromatic carbocycles. The van der Waals surface area contributed by atoms with Gasteiger partial charge in [0.15, 0.2) is 18.9 Å². The molecule has 0 bridgehead atoms. The van der Waals surface area contributed by atoms with Crippen LogP contribution in [-0.2, 0) is 28.4 Å². The van der Waals surface area contributed by atoms with Crippen molar-refractivity contribution < 1.29 is 79.5 Å². The van der Waals surface area contributed by atoms with Crippen molar-refractivity contribution in [3.05, 3.63) is 0 Å². The molecule has 0 aromatic heterocycles. The minimum absolute atomic E-state index is 0.168. The van der Waals surface area contributed by atoms with Gasteiger partial charge in [0.25, 0.3) is 0 Å². The van der Waals surface area contributed by atoms with Crippen LogP contribution in [-0.4, -0.2) is 170 Å². The number of aliphatic hydroxyl groups is 10. The summed E-state index contributed by atoms with van der Waals surface area (Å²) in [4.78, 5) is 0. The van der Waals surface area contributed by atoms with Crippen LogP contribution in [0, 0.1) is 0 Å². The van der Waals surface area contributed by atoms with E-state index in [1.807, 2.05) is 6.92 Å². The molecular formula is C22H40O16. The summed E-state index contributed by atoms with van der Waals surface area (Å²) in [6.07, 6.45) is -22.1. The van der Waals surface area contributed by atoms with Crippen LogP contribution in [0.5, 0.6) is 0 Å². The van der Waals surface area contributed by atoms with Gasteiger partial charge in [-0.25, -0.2) is 0 Å². The van der Waals surface area contributed by atoms with Crippen molar-refractivity contribution in [2.75, 3.05) is 26.4 Å². The number of ether oxygens (including phenoxy) is 6. The van der Waals surface area contributed by atoms with Gasteiger partial charge in [-0.2, -0.15) is 0 Å². The molecule has 0 radical (unpaired) electrons. The number of hydrogen-bond donors (Lipinski definition) is 10. The van der Waals surface area contributed by atoms with E-state index in [-0.39, 0.29) is 6.61 Å². The highest BCUT2D eigenvalue weighted by Gasteiger charge is 2.52. The normalized spacial score (nSPS) is 48.2. The lowest BCUT2D eigenvalue weighted by molar-refractivity contribution is -0.366. The summed E-state index contributed by atoms with van der Waals surface area (Å²) in [6, 6.07) is 0. The summed E-state index contributed by atoms with van der Waals surface area (Å²) >= 11 is 0. The van der Waals surface area contributed by atoms with Crippen molar-refractivity contribution in [2.24, 2.45) is 0 Å². The van der Waals surface area contributed by atoms with Crippen LogP contribution in [0.1, 0.15) is 19.8 Å². The third kappa shape index (κ3) is 6.98. The Labute approximate surface area is 218 Å². The quantitative estimate of drug-likeness (QED) is 0.106. The van der Waals surface area contributed by atoms with Gasteiger partial charge in [0.2, 0.25) is 0 Å². The molecule has 3 aliphatic heterocycles. The van der Waals surface area contributed by atoms with Crippen molar-refractivity contribution in [2.45, 2.75) is 112 Å². The summed E-state index contributed by atoms with van der Waals surface area (Å²) < 4.78 is 32.9. The van der Waals surface area contributed by atoms with E-state index in [0.29, 0.717) is 6.42 Å². The molecule has 3 rings (SSSR count). The first-order chi connectivity index (χ1) is 18.0. The lowest BCUT2D eigenvalue weighted by Gasteiger charge is -2.46. The van der Waals surface area contributed by atoms with E-state index in [1.54, 1.807) is 0 Å². The smallest absolute Gasteiger partial charge is 0.187 e. The fraction of sp³-hybridized carbons (Fsp3) is 1.00. The first-order valence-corrected chi connectivity index (χ1v) is 12.6. The van der Waals surface area contributed by atoms with Crippen molar-refractivity contribution in [1.29, 1.82) is 0 Å². The Morgan fingerprint density at radius 3 is 1.61 bits per heavy atom. The number of rotatable bonds is 11. The van der Waals surface area contributed by atoms with Gasteiger partial charge >= 0.3 is 0 Å². The Morgan fingerprint density at radius 2 is 1.05 bits per heavy atom. The molecule has 0 aromatic rings. The van der Waals surface area contributed by atoms with Crippen LogP contribution in [0.2, 0.25) is 0 Å². The maximum Gasteiger partial charge on any atom is 0.187 e. The van der Waals surface area contributed by atoms with Crippen molar-refractivity contribution >= 4 is 0 Å². The molecule has 16 nitrogen and oxygen atoms in total. The maximum atomic E-state index is 11.0. The first-order valence-electron chi connectivity index (χ1n) is 12.6. The van der Waals surface area contributed by atoms with Gasteiger partial charge in [-0.3, -0.25) is 0 Å². The van der Waals surface area contributed by atoms with Crippen LogP contribution >= 0.6 is 0 Å². The molecule has 0 aliphatic carbocycles. The maximum absolute atomic E-state index is 11.0. The number of hydrogen-bond acceptors (Lipinski definition) is 16. The van der Waals surface area contributed by atoms with E-state index in [9.17, 15) is 51.1 Å². The molecular weight excluding hydrogens is 520 g/mol. The molecule has 3 fully saturated rings. The van der Waals surface area contributed by atoms with E-state index in [4.69, 9.17) is 28.4 Å². The Bertz CT molecular complexity index is 698. The van der Waals surface area contributed by atoms with Gasteiger partial charge < -0.3 is 79.5 Å². The van der Waals surface area contributed by atoms with Gasteiger partial charge in [0.05, 0.1) is 19.8 Å². The van der Waals surface area contributed by atoms with E-state index in [1.165, 1.54) is 0 Å². The van der Waals surface area contributed by atoms with Crippen molar-refractivity contribution in [3.63, 3.8) is 0 Å². The van der Waals surface area contributed by atoms with E-state index in [0.717, 1.165) is 6.42 Å². The molecule has 0 amide bonds.